The van der Waals surface area contributed by atoms with E-state index >= 15 is 0 Å². The van der Waals surface area contributed by atoms with E-state index < -0.39 is 27.7 Å². The molecule has 1 N–H and O–H groups in total. The van der Waals surface area contributed by atoms with E-state index in [9.17, 15) is 18.0 Å². The minimum atomic E-state index is -4.30. The Morgan fingerprint density at radius 3 is 2.39 bits per heavy atom. The smallest absolute Gasteiger partial charge is 0.420 e. The highest BCUT2D eigenvalue weighted by molar-refractivity contribution is 9.10. The fourth-order valence-electron chi connectivity index (χ4n) is 2.91. The number of halogens is 1. The molecule has 0 aliphatic heterocycles. The number of esters is 1. The number of fused-ring (bicyclic) bond motifs is 1. The highest BCUT2D eigenvalue weighted by atomic mass is 79.9. The maximum absolute atomic E-state index is 13.3. The molecule has 0 aliphatic carbocycles. The van der Waals surface area contributed by atoms with E-state index in [-0.39, 0.29) is 16.3 Å². The number of sulfonamides is 1. The minimum Gasteiger partial charge on any atom is -0.465 e. The van der Waals surface area contributed by atoms with E-state index in [1.54, 1.807) is 51.1 Å². The van der Waals surface area contributed by atoms with E-state index in [0.29, 0.717) is 15.4 Å². The molecule has 8 nitrogen and oxygen atoms in total. The maximum atomic E-state index is 13.3. The number of hydrogen-bond acceptors (Lipinski definition) is 6. The molecular weight excluding hydrogens is 488 g/mol. The van der Waals surface area contributed by atoms with Gasteiger partial charge in [-0.25, -0.2) is 14.2 Å². The SMILES string of the molecule is COC(=O)c1ccc(Br)cc1NS(=O)(=O)c1cc2ccccc2n1C(=O)OC(C)(C)C. The average molecular weight is 509 g/mol. The predicted octanol–water partition coefficient (Wildman–Crippen LogP) is 4.77. The predicted molar refractivity (Wildman–Crippen MR) is 120 cm³/mol. The first-order chi connectivity index (χ1) is 14.4. The number of nitrogens with zero attached hydrogens (tertiary/aromatic N) is 1. The molecule has 0 saturated carbocycles. The molecular formula is C21H21BrN2O6S. The zero-order valence-corrected chi connectivity index (χ0v) is 19.7. The Morgan fingerprint density at radius 2 is 1.74 bits per heavy atom. The Hall–Kier alpha value is -2.85. The Balaban J connectivity index is 2.16. The van der Waals surface area contributed by atoms with Crippen molar-refractivity contribution in [1.82, 2.24) is 4.57 Å². The van der Waals surface area contributed by atoms with Gasteiger partial charge in [-0.05, 0) is 51.1 Å². The lowest BCUT2D eigenvalue weighted by Gasteiger charge is -2.21. The number of carbonyl (C=O) groups is 2. The van der Waals surface area contributed by atoms with Gasteiger partial charge in [0.05, 0.1) is 23.9 Å². The van der Waals surface area contributed by atoms with E-state index in [0.717, 1.165) is 4.57 Å². The maximum Gasteiger partial charge on any atom is 0.420 e. The van der Waals surface area contributed by atoms with Crippen LogP contribution in [0.15, 0.2) is 58.0 Å². The summed E-state index contributed by atoms with van der Waals surface area (Å²) in [6, 6.07) is 12.6. The number of aromatic nitrogens is 1. The number of para-hydroxylation sites is 1. The third-order valence-electron chi connectivity index (χ3n) is 4.16. The zero-order valence-electron chi connectivity index (χ0n) is 17.3. The molecule has 0 fully saturated rings. The fourth-order valence-corrected chi connectivity index (χ4v) is 4.53. The molecule has 3 rings (SSSR count). The monoisotopic (exact) mass is 508 g/mol. The van der Waals surface area contributed by atoms with Crippen LogP contribution in [-0.4, -0.2) is 37.8 Å². The number of ether oxygens (including phenoxy) is 2. The largest absolute Gasteiger partial charge is 0.465 e. The number of anilines is 1. The normalized spacial score (nSPS) is 11.9. The Labute approximate surface area is 188 Å². The lowest BCUT2D eigenvalue weighted by atomic mass is 10.2. The van der Waals surface area contributed by atoms with Gasteiger partial charge in [0.15, 0.2) is 5.03 Å². The summed E-state index contributed by atoms with van der Waals surface area (Å²) in [5, 5.41) is 0.218. The second-order valence-corrected chi connectivity index (χ2v) is 10.2. The molecule has 0 aliphatic rings. The van der Waals surface area contributed by atoms with Crippen molar-refractivity contribution >= 4 is 54.6 Å². The Kier molecular flexibility index (Phi) is 6.15. The first-order valence-corrected chi connectivity index (χ1v) is 11.4. The van der Waals surface area contributed by atoms with Crippen LogP contribution in [-0.2, 0) is 19.5 Å². The van der Waals surface area contributed by atoms with Crippen molar-refractivity contribution in [1.29, 1.82) is 0 Å². The third kappa shape index (κ3) is 4.91. The summed E-state index contributed by atoms with van der Waals surface area (Å²) < 4.78 is 40.8. The second kappa shape index (κ2) is 8.35. The summed E-state index contributed by atoms with van der Waals surface area (Å²) in [6.07, 6.45) is -0.837. The fraction of sp³-hybridized carbons (Fsp3) is 0.238. The second-order valence-electron chi connectivity index (χ2n) is 7.64. The van der Waals surface area contributed by atoms with Crippen molar-refractivity contribution in [2.45, 2.75) is 31.4 Å². The van der Waals surface area contributed by atoms with Gasteiger partial charge in [-0.1, -0.05) is 34.1 Å². The van der Waals surface area contributed by atoms with Crippen LogP contribution in [0.2, 0.25) is 0 Å². The molecule has 0 amide bonds. The number of methoxy groups -OCH3 is 1. The van der Waals surface area contributed by atoms with Crippen molar-refractivity contribution in [3.05, 3.63) is 58.6 Å². The molecule has 0 unspecified atom stereocenters. The highest BCUT2D eigenvalue weighted by Crippen LogP contribution is 2.29. The summed E-state index contributed by atoms with van der Waals surface area (Å²) in [4.78, 5) is 25.0. The standard InChI is InChI=1S/C21H21BrN2O6S/c1-21(2,3)30-20(26)24-17-8-6-5-7-13(17)11-18(24)31(27,28)23-16-12-14(22)9-10-15(16)19(25)29-4/h5-12,23H,1-4H3. The number of nitrogens with one attached hydrogen (secondary N) is 1. The van der Waals surface area contributed by atoms with Gasteiger partial charge in [0.1, 0.15) is 5.60 Å². The van der Waals surface area contributed by atoms with E-state index in [4.69, 9.17) is 9.47 Å². The molecule has 10 heteroatoms. The number of benzene rings is 2. The van der Waals surface area contributed by atoms with Crippen LogP contribution in [0.1, 0.15) is 31.1 Å². The Morgan fingerprint density at radius 1 is 1.06 bits per heavy atom. The van der Waals surface area contributed by atoms with Crippen molar-refractivity contribution in [2.24, 2.45) is 0 Å². The molecule has 31 heavy (non-hydrogen) atoms. The van der Waals surface area contributed by atoms with Crippen LogP contribution in [0.4, 0.5) is 10.5 Å². The molecule has 0 saturated heterocycles. The first kappa shape index (κ1) is 22.8. The van der Waals surface area contributed by atoms with Crippen molar-refractivity contribution in [2.75, 3.05) is 11.8 Å². The van der Waals surface area contributed by atoms with Crippen LogP contribution < -0.4 is 4.72 Å². The number of rotatable bonds is 4. The third-order valence-corrected chi connectivity index (χ3v) is 5.99. The zero-order chi connectivity index (χ0) is 23.0. The summed E-state index contributed by atoms with van der Waals surface area (Å²) in [5.74, 6) is -0.710. The summed E-state index contributed by atoms with van der Waals surface area (Å²) in [7, 11) is -3.11. The van der Waals surface area contributed by atoms with Crippen molar-refractivity contribution < 1.29 is 27.5 Å². The van der Waals surface area contributed by atoms with E-state index in [1.807, 2.05) is 0 Å². The van der Waals surface area contributed by atoms with Gasteiger partial charge in [-0.3, -0.25) is 4.72 Å². The van der Waals surface area contributed by atoms with Crippen LogP contribution in [0.25, 0.3) is 10.9 Å². The average Bonchev–Trinajstić information content (AvgIpc) is 3.07. The minimum absolute atomic E-state index is 0.00206. The van der Waals surface area contributed by atoms with Crippen LogP contribution in [0.3, 0.4) is 0 Å². The summed E-state index contributed by atoms with van der Waals surface area (Å²) in [6.45, 7) is 5.06. The van der Waals surface area contributed by atoms with Crippen LogP contribution >= 0.6 is 15.9 Å². The lowest BCUT2D eigenvalue weighted by molar-refractivity contribution is 0.0529. The van der Waals surface area contributed by atoms with Gasteiger partial charge in [0.25, 0.3) is 10.0 Å². The van der Waals surface area contributed by atoms with Crippen LogP contribution in [0.5, 0.6) is 0 Å². The molecule has 1 heterocycles. The van der Waals surface area contributed by atoms with Gasteiger partial charge in [0, 0.05) is 9.86 Å². The molecule has 0 atom stereocenters. The van der Waals surface area contributed by atoms with E-state index in [1.165, 1.54) is 25.3 Å². The topological polar surface area (TPSA) is 104 Å². The summed E-state index contributed by atoms with van der Waals surface area (Å²) in [5.41, 5.74) is -0.435. The van der Waals surface area contributed by atoms with Gasteiger partial charge in [-0.2, -0.15) is 8.42 Å². The van der Waals surface area contributed by atoms with Gasteiger partial charge in [0.2, 0.25) is 0 Å². The van der Waals surface area contributed by atoms with Crippen molar-refractivity contribution in [3.8, 4) is 0 Å². The highest BCUT2D eigenvalue weighted by Gasteiger charge is 2.29. The van der Waals surface area contributed by atoms with Gasteiger partial charge < -0.3 is 9.47 Å². The number of carbonyl (C=O) groups excluding carboxylic acids is 2. The first-order valence-electron chi connectivity index (χ1n) is 9.17. The molecule has 0 bridgehead atoms. The molecule has 164 valence electrons. The molecule has 3 aromatic rings. The van der Waals surface area contributed by atoms with Gasteiger partial charge in [-0.15, -0.1) is 0 Å². The molecule has 0 spiro atoms. The lowest BCUT2D eigenvalue weighted by Crippen LogP contribution is -2.29. The van der Waals surface area contributed by atoms with Gasteiger partial charge >= 0.3 is 12.1 Å². The van der Waals surface area contributed by atoms with E-state index in [2.05, 4.69) is 20.7 Å². The molecule has 2 aromatic carbocycles. The van der Waals surface area contributed by atoms with Crippen LogP contribution in [0, 0.1) is 0 Å². The summed E-state index contributed by atoms with van der Waals surface area (Å²) >= 11 is 3.26. The molecule has 1 aromatic heterocycles. The van der Waals surface area contributed by atoms with Crippen molar-refractivity contribution in [3.63, 3.8) is 0 Å². The quantitative estimate of drug-likeness (QED) is 0.508. The molecule has 0 radical (unpaired) electrons. The number of hydrogen-bond donors (Lipinski definition) is 1. The Bertz CT molecular complexity index is 1270.